The number of hydrogen-bond acceptors (Lipinski definition) is 2. The second-order valence-electron chi connectivity index (χ2n) is 5.32. The van der Waals surface area contributed by atoms with Crippen LogP contribution in [0.3, 0.4) is 0 Å². The van der Waals surface area contributed by atoms with Crippen LogP contribution in [-0.4, -0.2) is 18.2 Å². The second-order valence-corrected chi connectivity index (χ2v) is 5.32. The van der Waals surface area contributed by atoms with Gasteiger partial charge >= 0.3 is 0 Å². The summed E-state index contributed by atoms with van der Waals surface area (Å²) in [7, 11) is 0. The third kappa shape index (κ3) is 2.86. The van der Waals surface area contributed by atoms with Crippen molar-refractivity contribution in [3.63, 3.8) is 0 Å². The highest BCUT2D eigenvalue weighted by atomic mass is 16.3. The van der Waals surface area contributed by atoms with Crippen molar-refractivity contribution in [2.75, 3.05) is 18.0 Å². The summed E-state index contributed by atoms with van der Waals surface area (Å²) in [6.07, 6.45) is 4.32. The lowest BCUT2D eigenvalue weighted by molar-refractivity contribution is 0.174. The molecule has 1 fully saturated rings. The van der Waals surface area contributed by atoms with Crippen molar-refractivity contribution in [3.8, 4) is 0 Å². The monoisotopic (exact) mass is 247 g/mol. The fraction of sp³-hybridized carbons (Fsp3) is 0.625. The number of para-hydroxylation sites is 1. The molecule has 2 rings (SSSR count). The summed E-state index contributed by atoms with van der Waals surface area (Å²) in [5.74, 6) is 0.893. The van der Waals surface area contributed by atoms with Gasteiger partial charge in [-0.1, -0.05) is 38.5 Å². The predicted octanol–water partition coefficient (Wildman–Crippen LogP) is 3.76. The molecule has 2 nitrogen and oxygen atoms in total. The molecule has 0 aromatic heterocycles. The largest absolute Gasteiger partial charge is 0.388 e. The first-order chi connectivity index (χ1) is 8.76. The molecule has 1 heterocycles. The summed E-state index contributed by atoms with van der Waals surface area (Å²) in [4.78, 5) is 2.44. The highest BCUT2D eigenvalue weighted by Crippen LogP contribution is 2.31. The van der Waals surface area contributed by atoms with Crippen molar-refractivity contribution in [1.29, 1.82) is 0 Å². The molecular formula is C16H25NO. The minimum absolute atomic E-state index is 0.329. The van der Waals surface area contributed by atoms with E-state index in [-0.39, 0.29) is 6.10 Å². The van der Waals surface area contributed by atoms with Crippen LogP contribution in [0, 0.1) is 5.92 Å². The molecule has 0 bridgehead atoms. The lowest BCUT2D eigenvalue weighted by Crippen LogP contribution is -2.34. The van der Waals surface area contributed by atoms with Crippen molar-refractivity contribution in [1.82, 2.24) is 0 Å². The Balaban J connectivity index is 2.13. The summed E-state index contributed by atoms with van der Waals surface area (Å²) in [5.41, 5.74) is 2.33. The lowest BCUT2D eigenvalue weighted by Gasteiger charge is -2.35. The lowest BCUT2D eigenvalue weighted by atomic mass is 9.93. The Morgan fingerprint density at radius 2 is 1.89 bits per heavy atom. The molecular weight excluding hydrogens is 222 g/mol. The van der Waals surface area contributed by atoms with Crippen LogP contribution in [0.5, 0.6) is 0 Å². The zero-order chi connectivity index (χ0) is 13.0. The van der Waals surface area contributed by atoms with Crippen LogP contribution in [0.2, 0.25) is 0 Å². The minimum atomic E-state index is -0.329. The summed E-state index contributed by atoms with van der Waals surface area (Å²) >= 11 is 0. The summed E-state index contributed by atoms with van der Waals surface area (Å²) in [6, 6.07) is 8.32. The van der Waals surface area contributed by atoms with E-state index in [0.717, 1.165) is 31.0 Å². The smallest absolute Gasteiger partial charge is 0.0807 e. The van der Waals surface area contributed by atoms with Crippen molar-refractivity contribution in [2.45, 2.75) is 45.6 Å². The molecule has 1 N–H and O–H groups in total. The van der Waals surface area contributed by atoms with Crippen LogP contribution < -0.4 is 4.90 Å². The summed E-state index contributed by atoms with van der Waals surface area (Å²) in [5, 5.41) is 10.1. The van der Waals surface area contributed by atoms with Crippen molar-refractivity contribution in [2.24, 2.45) is 5.92 Å². The van der Waals surface area contributed by atoms with Gasteiger partial charge < -0.3 is 10.0 Å². The molecule has 0 unspecified atom stereocenters. The van der Waals surface area contributed by atoms with Crippen molar-refractivity contribution in [3.05, 3.63) is 29.8 Å². The molecule has 18 heavy (non-hydrogen) atoms. The first-order valence-electron chi connectivity index (χ1n) is 7.28. The van der Waals surface area contributed by atoms with Crippen LogP contribution in [0.25, 0.3) is 0 Å². The van der Waals surface area contributed by atoms with E-state index < -0.39 is 0 Å². The number of benzene rings is 1. The van der Waals surface area contributed by atoms with Gasteiger partial charge in [-0.3, -0.25) is 0 Å². The van der Waals surface area contributed by atoms with E-state index in [4.69, 9.17) is 0 Å². The number of rotatable bonds is 4. The molecule has 2 heteroatoms. The van der Waals surface area contributed by atoms with Gasteiger partial charge in [0.15, 0.2) is 0 Å². The molecule has 0 amide bonds. The fourth-order valence-electron chi connectivity index (χ4n) is 2.86. The molecule has 1 aliphatic rings. The third-order valence-corrected chi connectivity index (χ3v) is 4.22. The summed E-state index contributed by atoms with van der Waals surface area (Å²) in [6.45, 7) is 6.58. The van der Waals surface area contributed by atoms with Gasteiger partial charge in [-0.2, -0.15) is 0 Å². The standard InChI is InChI=1S/C16H25NO/c1-3-13-9-11-17(12-10-13)15-8-6-5-7-14(15)16(18)4-2/h5-8,13,16,18H,3-4,9-12H2,1-2H3/t16-/m1/s1. The Kier molecular flexibility index (Phi) is 4.65. The molecule has 1 aliphatic heterocycles. The van der Waals surface area contributed by atoms with Gasteiger partial charge in [-0.05, 0) is 31.2 Å². The summed E-state index contributed by atoms with van der Waals surface area (Å²) < 4.78 is 0. The third-order valence-electron chi connectivity index (χ3n) is 4.22. The number of aliphatic hydroxyl groups is 1. The van der Waals surface area contributed by atoms with Gasteiger partial charge in [-0.15, -0.1) is 0 Å². The first kappa shape index (κ1) is 13.4. The number of hydrogen-bond donors (Lipinski definition) is 1. The SMILES string of the molecule is CCC1CCN(c2ccccc2[C@H](O)CC)CC1. The maximum Gasteiger partial charge on any atom is 0.0807 e. The normalized spacial score (nSPS) is 18.9. The highest BCUT2D eigenvalue weighted by Gasteiger charge is 2.21. The average molecular weight is 247 g/mol. The topological polar surface area (TPSA) is 23.5 Å². The van der Waals surface area contributed by atoms with Crippen molar-refractivity contribution < 1.29 is 5.11 Å². The Morgan fingerprint density at radius 1 is 1.22 bits per heavy atom. The zero-order valence-electron chi connectivity index (χ0n) is 11.6. The molecule has 0 aliphatic carbocycles. The Labute approximate surface area is 111 Å². The van der Waals surface area contributed by atoms with E-state index in [9.17, 15) is 5.11 Å². The number of piperidine rings is 1. The molecule has 0 saturated carbocycles. The van der Waals surface area contributed by atoms with E-state index in [1.165, 1.54) is 24.9 Å². The predicted molar refractivity (Wildman–Crippen MR) is 76.9 cm³/mol. The molecule has 0 spiro atoms. The molecule has 1 aromatic carbocycles. The van der Waals surface area contributed by atoms with E-state index >= 15 is 0 Å². The molecule has 0 radical (unpaired) electrons. The maximum absolute atomic E-state index is 10.1. The van der Waals surface area contributed by atoms with Crippen LogP contribution in [0.1, 0.15) is 51.2 Å². The molecule has 100 valence electrons. The Hall–Kier alpha value is -1.02. The van der Waals surface area contributed by atoms with Crippen LogP contribution in [0.4, 0.5) is 5.69 Å². The maximum atomic E-state index is 10.1. The van der Waals surface area contributed by atoms with Gasteiger partial charge in [0.2, 0.25) is 0 Å². The second kappa shape index (κ2) is 6.24. The zero-order valence-corrected chi connectivity index (χ0v) is 11.6. The number of aliphatic hydroxyl groups excluding tert-OH is 1. The van der Waals surface area contributed by atoms with E-state index in [0.29, 0.717) is 0 Å². The quantitative estimate of drug-likeness (QED) is 0.875. The number of nitrogens with zero attached hydrogens (tertiary/aromatic N) is 1. The van der Waals surface area contributed by atoms with Gasteiger partial charge in [0.25, 0.3) is 0 Å². The van der Waals surface area contributed by atoms with Crippen LogP contribution in [0.15, 0.2) is 24.3 Å². The van der Waals surface area contributed by atoms with Crippen LogP contribution >= 0.6 is 0 Å². The van der Waals surface area contributed by atoms with Gasteiger partial charge in [-0.25, -0.2) is 0 Å². The average Bonchev–Trinajstić information content (AvgIpc) is 2.46. The van der Waals surface area contributed by atoms with E-state index in [1.807, 2.05) is 13.0 Å². The molecule has 1 aromatic rings. The number of anilines is 1. The van der Waals surface area contributed by atoms with Crippen LogP contribution in [-0.2, 0) is 0 Å². The first-order valence-corrected chi connectivity index (χ1v) is 7.28. The van der Waals surface area contributed by atoms with Gasteiger partial charge in [0.1, 0.15) is 0 Å². The van der Waals surface area contributed by atoms with Crippen molar-refractivity contribution >= 4 is 5.69 Å². The van der Waals surface area contributed by atoms with Gasteiger partial charge in [0.05, 0.1) is 6.10 Å². The fourth-order valence-corrected chi connectivity index (χ4v) is 2.86. The van der Waals surface area contributed by atoms with E-state index in [1.54, 1.807) is 0 Å². The molecule has 1 atom stereocenters. The minimum Gasteiger partial charge on any atom is -0.388 e. The van der Waals surface area contributed by atoms with Gasteiger partial charge in [0, 0.05) is 24.3 Å². The molecule has 1 saturated heterocycles. The Morgan fingerprint density at radius 3 is 2.50 bits per heavy atom. The Bertz CT molecular complexity index is 369. The van der Waals surface area contributed by atoms with E-state index in [2.05, 4.69) is 30.0 Å². The highest BCUT2D eigenvalue weighted by molar-refractivity contribution is 5.54.